The van der Waals surface area contributed by atoms with Crippen LogP contribution in [0.15, 0.2) is 60.7 Å². The Hall–Kier alpha value is -3.03. The maximum Gasteiger partial charge on any atom is 0.269 e. The molecule has 2 aromatic rings. The molecular weight excluding hydrogens is 322 g/mol. The van der Waals surface area contributed by atoms with Crippen LogP contribution < -0.4 is 11.1 Å². The minimum absolute atomic E-state index is 0.0656. The molecule has 0 spiro atoms. The van der Waals surface area contributed by atoms with E-state index in [-0.39, 0.29) is 18.1 Å². The topological polar surface area (TPSA) is 118 Å². The third-order valence-corrected chi connectivity index (χ3v) is 3.59. The van der Waals surface area contributed by atoms with E-state index in [1.54, 1.807) is 6.08 Å². The lowest BCUT2D eigenvalue weighted by atomic mass is 10.0. The second kappa shape index (κ2) is 8.72. The fourth-order valence-corrected chi connectivity index (χ4v) is 2.17. The van der Waals surface area contributed by atoms with E-state index >= 15 is 0 Å². The molecule has 25 heavy (non-hydrogen) atoms. The van der Waals surface area contributed by atoms with Crippen LogP contribution in [0.4, 0.5) is 5.69 Å². The van der Waals surface area contributed by atoms with Crippen molar-refractivity contribution in [2.75, 3.05) is 6.54 Å². The Bertz CT molecular complexity index is 745. The van der Waals surface area contributed by atoms with Crippen LogP contribution in [0, 0.1) is 10.1 Å². The van der Waals surface area contributed by atoms with Crippen molar-refractivity contribution in [3.8, 4) is 0 Å². The summed E-state index contributed by atoms with van der Waals surface area (Å²) in [5.41, 5.74) is 7.16. The van der Waals surface area contributed by atoms with Gasteiger partial charge >= 0.3 is 0 Å². The van der Waals surface area contributed by atoms with Gasteiger partial charge in [-0.3, -0.25) is 14.9 Å². The van der Waals surface area contributed by atoms with Crippen LogP contribution >= 0.6 is 0 Å². The summed E-state index contributed by atoms with van der Waals surface area (Å²) in [5.74, 6) is -0.324. The van der Waals surface area contributed by atoms with Crippen LogP contribution in [-0.4, -0.2) is 28.5 Å². The lowest BCUT2D eigenvalue weighted by molar-refractivity contribution is -0.384. The molecule has 7 heteroatoms. The molecule has 0 aliphatic heterocycles. The number of amides is 1. The number of nitrogens with one attached hydrogen (secondary N) is 1. The monoisotopic (exact) mass is 341 g/mol. The summed E-state index contributed by atoms with van der Waals surface area (Å²) in [6, 6.07) is 14.1. The normalized spacial score (nSPS) is 13.4. The minimum atomic E-state index is -1.04. The van der Waals surface area contributed by atoms with Crippen molar-refractivity contribution < 1.29 is 14.8 Å². The number of aliphatic hydroxyl groups excluding tert-OH is 1. The predicted octanol–water partition coefficient (Wildman–Crippen LogP) is 1.79. The molecule has 0 aliphatic carbocycles. The second-order valence-corrected chi connectivity index (χ2v) is 5.45. The van der Waals surface area contributed by atoms with Crippen molar-refractivity contribution in [2.45, 2.75) is 12.1 Å². The molecule has 4 N–H and O–H groups in total. The molecule has 0 aliphatic rings. The zero-order chi connectivity index (χ0) is 18.2. The third-order valence-electron chi connectivity index (χ3n) is 3.59. The Kier molecular flexibility index (Phi) is 6.39. The van der Waals surface area contributed by atoms with E-state index in [1.807, 2.05) is 30.3 Å². The lowest BCUT2D eigenvalue weighted by Gasteiger charge is -2.19. The van der Waals surface area contributed by atoms with E-state index in [2.05, 4.69) is 5.32 Å². The average molecular weight is 341 g/mol. The molecule has 1 amide bonds. The van der Waals surface area contributed by atoms with Crippen molar-refractivity contribution in [3.05, 3.63) is 81.9 Å². The summed E-state index contributed by atoms with van der Waals surface area (Å²) in [5, 5.41) is 23.4. The van der Waals surface area contributed by atoms with Gasteiger partial charge in [-0.1, -0.05) is 30.3 Å². The number of nitrogens with zero attached hydrogens (tertiary/aromatic N) is 1. The molecule has 7 nitrogen and oxygen atoms in total. The Balaban J connectivity index is 1.86. The van der Waals surface area contributed by atoms with Gasteiger partial charge in [0.15, 0.2) is 0 Å². The van der Waals surface area contributed by atoms with E-state index in [1.165, 1.54) is 30.3 Å². The summed E-state index contributed by atoms with van der Waals surface area (Å²) in [6.45, 7) is 0.0656. The molecule has 0 radical (unpaired) electrons. The molecule has 0 aromatic heterocycles. The van der Waals surface area contributed by atoms with Gasteiger partial charge < -0.3 is 16.2 Å². The van der Waals surface area contributed by atoms with Crippen molar-refractivity contribution in [3.63, 3.8) is 0 Å². The smallest absolute Gasteiger partial charge is 0.269 e. The highest BCUT2D eigenvalue weighted by molar-refractivity contribution is 5.91. The number of nitrogens with two attached hydrogens (primary N) is 1. The quantitative estimate of drug-likeness (QED) is 0.403. The van der Waals surface area contributed by atoms with E-state index in [0.29, 0.717) is 5.56 Å². The number of hydrogen-bond donors (Lipinski definition) is 3. The zero-order valence-corrected chi connectivity index (χ0v) is 13.4. The number of carbonyl (C=O) groups is 1. The molecule has 0 bridgehead atoms. The SMILES string of the molecule is N[C@@H](CNC(=O)C=Cc1ccccc1)[C@@H](O)c1ccc([N+](=O)[O-])cc1. The predicted molar refractivity (Wildman–Crippen MR) is 94.5 cm³/mol. The molecule has 0 heterocycles. The summed E-state index contributed by atoms with van der Waals surface area (Å²) < 4.78 is 0. The van der Waals surface area contributed by atoms with Gasteiger partial charge in [0, 0.05) is 24.8 Å². The molecule has 0 fully saturated rings. The lowest BCUT2D eigenvalue weighted by Crippen LogP contribution is -2.40. The maximum absolute atomic E-state index is 11.8. The number of benzene rings is 2. The van der Waals surface area contributed by atoms with Gasteiger partial charge in [-0.2, -0.15) is 0 Å². The number of hydrogen-bond acceptors (Lipinski definition) is 5. The zero-order valence-electron chi connectivity index (χ0n) is 13.4. The largest absolute Gasteiger partial charge is 0.387 e. The summed E-state index contributed by atoms with van der Waals surface area (Å²) >= 11 is 0. The van der Waals surface area contributed by atoms with Crippen LogP contribution in [0.25, 0.3) is 6.08 Å². The highest BCUT2D eigenvalue weighted by atomic mass is 16.6. The van der Waals surface area contributed by atoms with E-state index in [0.717, 1.165) is 5.56 Å². The molecular formula is C18H19N3O4. The van der Waals surface area contributed by atoms with Crippen molar-refractivity contribution in [1.29, 1.82) is 0 Å². The standard InChI is InChI=1S/C18H19N3O4/c19-16(18(23)14-7-9-15(10-8-14)21(24)25)12-20-17(22)11-6-13-4-2-1-3-5-13/h1-11,16,18,23H,12,19H2,(H,20,22)/t16-,18-/m0/s1. The third kappa shape index (κ3) is 5.52. The van der Waals surface area contributed by atoms with Crippen LogP contribution in [0.5, 0.6) is 0 Å². The molecule has 2 atom stereocenters. The first kappa shape index (κ1) is 18.3. The Morgan fingerprint density at radius 2 is 1.84 bits per heavy atom. The fraction of sp³-hybridized carbons (Fsp3) is 0.167. The van der Waals surface area contributed by atoms with Gasteiger partial charge in [-0.15, -0.1) is 0 Å². The van der Waals surface area contributed by atoms with Crippen LogP contribution in [0.1, 0.15) is 17.2 Å². The van der Waals surface area contributed by atoms with Crippen LogP contribution in [-0.2, 0) is 4.79 Å². The molecule has 0 unspecified atom stereocenters. The first-order valence-electron chi connectivity index (χ1n) is 7.66. The summed E-state index contributed by atoms with van der Waals surface area (Å²) in [4.78, 5) is 21.9. The van der Waals surface area contributed by atoms with Crippen LogP contribution in [0.3, 0.4) is 0 Å². The van der Waals surface area contributed by atoms with Gasteiger partial charge in [0.05, 0.1) is 17.1 Å². The maximum atomic E-state index is 11.8. The number of carbonyl (C=O) groups excluding carboxylic acids is 1. The number of non-ortho nitro benzene ring substituents is 1. The highest BCUT2D eigenvalue weighted by Gasteiger charge is 2.18. The molecule has 0 saturated heterocycles. The van der Waals surface area contributed by atoms with E-state index in [9.17, 15) is 20.0 Å². The highest BCUT2D eigenvalue weighted by Crippen LogP contribution is 2.19. The van der Waals surface area contributed by atoms with Gasteiger partial charge in [0.25, 0.3) is 5.69 Å². The molecule has 0 saturated carbocycles. The van der Waals surface area contributed by atoms with Gasteiger partial charge in [0.2, 0.25) is 5.91 Å². The van der Waals surface area contributed by atoms with Crippen molar-refractivity contribution >= 4 is 17.7 Å². The molecule has 2 aromatic carbocycles. The molecule has 130 valence electrons. The van der Waals surface area contributed by atoms with Crippen molar-refractivity contribution in [1.82, 2.24) is 5.32 Å². The van der Waals surface area contributed by atoms with E-state index in [4.69, 9.17) is 5.73 Å². The van der Waals surface area contributed by atoms with Crippen LogP contribution in [0.2, 0.25) is 0 Å². The second-order valence-electron chi connectivity index (χ2n) is 5.45. The fourth-order valence-electron chi connectivity index (χ4n) is 2.17. The number of nitro benzene ring substituents is 1. The Labute approximate surface area is 144 Å². The van der Waals surface area contributed by atoms with Gasteiger partial charge in [-0.05, 0) is 29.3 Å². The Morgan fingerprint density at radius 3 is 2.44 bits per heavy atom. The van der Waals surface area contributed by atoms with E-state index < -0.39 is 17.1 Å². The Morgan fingerprint density at radius 1 is 1.20 bits per heavy atom. The summed E-state index contributed by atoms with van der Waals surface area (Å²) in [7, 11) is 0. The first-order valence-corrected chi connectivity index (χ1v) is 7.66. The minimum Gasteiger partial charge on any atom is -0.387 e. The molecule has 2 rings (SSSR count). The number of rotatable bonds is 7. The van der Waals surface area contributed by atoms with Gasteiger partial charge in [0.1, 0.15) is 0 Å². The first-order chi connectivity index (χ1) is 12.0. The number of aliphatic hydroxyl groups is 1. The van der Waals surface area contributed by atoms with Gasteiger partial charge in [-0.25, -0.2) is 0 Å². The number of nitro groups is 1. The average Bonchev–Trinajstić information content (AvgIpc) is 2.64. The summed E-state index contributed by atoms with van der Waals surface area (Å²) in [6.07, 6.45) is 2.02. The van der Waals surface area contributed by atoms with Crippen molar-refractivity contribution in [2.24, 2.45) is 5.73 Å².